The van der Waals surface area contributed by atoms with Crippen molar-refractivity contribution in [1.82, 2.24) is 4.90 Å². The molecule has 0 aliphatic carbocycles. The zero-order valence-corrected chi connectivity index (χ0v) is 19.8. The molecule has 0 radical (unpaired) electrons. The van der Waals surface area contributed by atoms with Crippen molar-refractivity contribution in [2.75, 3.05) is 13.1 Å². The summed E-state index contributed by atoms with van der Waals surface area (Å²) in [7, 11) is 0. The summed E-state index contributed by atoms with van der Waals surface area (Å²) in [6, 6.07) is 18.2. The Labute approximate surface area is 201 Å². The quantitative estimate of drug-likeness (QED) is 0.325. The third kappa shape index (κ3) is 6.51. The normalized spacial score (nSPS) is 10.4. The van der Waals surface area contributed by atoms with Gasteiger partial charge >= 0.3 is 0 Å². The number of amides is 1. The van der Waals surface area contributed by atoms with Crippen molar-refractivity contribution in [1.29, 1.82) is 0 Å². The predicted octanol–water partition coefficient (Wildman–Crippen LogP) is 6.73. The van der Waals surface area contributed by atoms with Gasteiger partial charge in [0.05, 0.1) is 0 Å². The van der Waals surface area contributed by atoms with Crippen LogP contribution in [0.4, 0.5) is 0 Å². The van der Waals surface area contributed by atoms with Crippen molar-refractivity contribution in [3.63, 3.8) is 0 Å². The summed E-state index contributed by atoms with van der Waals surface area (Å²) < 4.78 is 12.3. The van der Waals surface area contributed by atoms with E-state index >= 15 is 0 Å². The van der Waals surface area contributed by atoms with Crippen LogP contribution >= 0.6 is 0 Å². The zero-order chi connectivity index (χ0) is 24.5. The number of nitrogens with zero attached hydrogens (tertiary/aromatic N) is 1. The second-order valence-corrected chi connectivity index (χ2v) is 8.06. The average molecular weight is 458 g/mol. The van der Waals surface area contributed by atoms with E-state index in [1.165, 1.54) is 0 Å². The maximum atomic E-state index is 12.8. The van der Waals surface area contributed by atoms with Crippen LogP contribution < -0.4 is 9.47 Å². The molecule has 3 aromatic carbocycles. The van der Waals surface area contributed by atoms with Crippen LogP contribution in [-0.2, 0) is 11.2 Å². The smallest absolute Gasteiger partial charge is 0.223 e. The van der Waals surface area contributed by atoms with Crippen molar-refractivity contribution in [3.05, 3.63) is 103 Å². The van der Waals surface area contributed by atoms with E-state index < -0.39 is 0 Å². The molecule has 0 saturated carbocycles. The molecule has 34 heavy (non-hydrogen) atoms. The fraction of sp³-hybridized carbons (Fsp3) is 0.207. The summed E-state index contributed by atoms with van der Waals surface area (Å²) in [6.45, 7) is 12.4. The minimum Gasteiger partial charge on any atom is -0.508 e. The van der Waals surface area contributed by atoms with Crippen molar-refractivity contribution in [3.8, 4) is 28.7 Å². The number of phenolic OH excluding ortho intramolecular Hbond substituents is 1. The highest BCUT2D eigenvalue weighted by Crippen LogP contribution is 2.34. The average Bonchev–Trinajstić information content (AvgIpc) is 2.82. The molecule has 0 aromatic heterocycles. The second-order valence-electron chi connectivity index (χ2n) is 8.06. The van der Waals surface area contributed by atoms with Crippen LogP contribution in [0.1, 0.15) is 23.1 Å². The highest BCUT2D eigenvalue weighted by Gasteiger charge is 2.15. The fourth-order valence-corrected chi connectivity index (χ4v) is 3.62. The number of aromatic hydroxyl groups is 1. The van der Waals surface area contributed by atoms with Gasteiger partial charge in [-0.2, -0.15) is 0 Å². The summed E-state index contributed by atoms with van der Waals surface area (Å²) in [6.07, 6.45) is 4.20. The maximum Gasteiger partial charge on any atom is 0.223 e. The summed E-state index contributed by atoms with van der Waals surface area (Å²) >= 11 is 0. The SMILES string of the molecule is C=CCN(CC=C)C(=O)CCc1cc(Oc2c(C)cccc2C)ccc1Oc1ccc(O)cc1. The number of phenols is 1. The van der Waals surface area contributed by atoms with E-state index in [0.29, 0.717) is 43.2 Å². The van der Waals surface area contributed by atoms with E-state index in [-0.39, 0.29) is 11.7 Å². The molecule has 0 atom stereocenters. The molecule has 0 spiro atoms. The lowest BCUT2D eigenvalue weighted by atomic mass is 10.1. The topological polar surface area (TPSA) is 59.0 Å². The number of ether oxygens (including phenoxy) is 2. The van der Waals surface area contributed by atoms with Gasteiger partial charge in [0.2, 0.25) is 5.91 Å². The van der Waals surface area contributed by atoms with Crippen molar-refractivity contribution >= 4 is 5.91 Å². The van der Waals surface area contributed by atoms with Gasteiger partial charge in [0.25, 0.3) is 0 Å². The van der Waals surface area contributed by atoms with Crippen LogP contribution in [0.25, 0.3) is 0 Å². The number of para-hydroxylation sites is 1. The van der Waals surface area contributed by atoms with Crippen LogP contribution in [-0.4, -0.2) is 29.0 Å². The van der Waals surface area contributed by atoms with Crippen LogP contribution in [0, 0.1) is 13.8 Å². The third-order valence-corrected chi connectivity index (χ3v) is 5.39. The van der Waals surface area contributed by atoms with Gasteiger partial charge in [0, 0.05) is 19.5 Å². The molecule has 0 aliphatic rings. The lowest BCUT2D eigenvalue weighted by Crippen LogP contribution is -2.31. The molecule has 0 bridgehead atoms. The fourth-order valence-electron chi connectivity index (χ4n) is 3.62. The summed E-state index contributed by atoms with van der Waals surface area (Å²) in [5, 5.41) is 9.56. The standard InChI is InChI=1S/C29H31NO4/c1-5-18-30(19-6-2)28(32)17-10-23-20-26(34-29-21(3)8-7-9-22(29)4)15-16-27(23)33-25-13-11-24(31)12-14-25/h5-9,11-16,20,31H,1-2,10,17-19H2,3-4H3. The van der Waals surface area contributed by atoms with Crippen molar-refractivity contribution in [2.45, 2.75) is 26.7 Å². The minimum absolute atomic E-state index is 0.0106. The van der Waals surface area contributed by atoms with Gasteiger partial charge in [-0.3, -0.25) is 4.79 Å². The van der Waals surface area contributed by atoms with E-state index in [9.17, 15) is 9.90 Å². The second kappa shape index (κ2) is 11.8. The Morgan fingerprint density at radius 1 is 0.912 bits per heavy atom. The number of carbonyl (C=O) groups excluding carboxylic acids is 1. The largest absolute Gasteiger partial charge is 0.508 e. The van der Waals surface area contributed by atoms with Crippen LogP contribution in [0.15, 0.2) is 86.0 Å². The number of carbonyl (C=O) groups is 1. The number of hydrogen-bond donors (Lipinski definition) is 1. The van der Waals surface area contributed by atoms with Crippen LogP contribution in [0.5, 0.6) is 28.7 Å². The van der Waals surface area contributed by atoms with E-state index in [2.05, 4.69) is 13.2 Å². The summed E-state index contributed by atoms with van der Waals surface area (Å²) in [5.74, 6) is 2.89. The van der Waals surface area contributed by atoms with Crippen molar-refractivity contribution in [2.24, 2.45) is 0 Å². The molecule has 1 N–H and O–H groups in total. The van der Waals surface area contributed by atoms with Gasteiger partial charge in [0.1, 0.15) is 28.7 Å². The molecule has 1 amide bonds. The molecular weight excluding hydrogens is 426 g/mol. The van der Waals surface area contributed by atoms with E-state index in [1.54, 1.807) is 41.3 Å². The molecule has 5 nitrogen and oxygen atoms in total. The third-order valence-electron chi connectivity index (χ3n) is 5.39. The van der Waals surface area contributed by atoms with Gasteiger partial charge in [-0.05, 0) is 79.4 Å². The lowest BCUT2D eigenvalue weighted by molar-refractivity contribution is -0.130. The Hall–Kier alpha value is -3.99. The van der Waals surface area contributed by atoms with Gasteiger partial charge < -0.3 is 19.5 Å². The maximum absolute atomic E-state index is 12.8. The van der Waals surface area contributed by atoms with E-state index in [0.717, 1.165) is 22.4 Å². The highest BCUT2D eigenvalue weighted by atomic mass is 16.5. The van der Waals surface area contributed by atoms with Crippen molar-refractivity contribution < 1.29 is 19.4 Å². The lowest BCUT2D eigenvalue weighted by Gasteiger charge is -2.20. The first-order valence-electron chi connectivity index (χ1n) is 11.2. The Balaban J connectivity index is 1.87. The van der Waals surface area contributed by atoms with E-state index in [1.807, 2.05) is 50.2 Å². The van der Waals surface area contributed by atoms with Crippen LogP contribution in [0.2, 0.25) is 0 Å². The van der Waals surface area contributed by atoms with Gasteiger partial charge in [-0.15, -0.1) is 13.2 Å². The molecule has 0 aliphatic heterocycles. The molecule has 176 valence electrons. The Morgan fingerprint density at radius 2 is 1.53 bits per heavy atom. The predicted molar refractivity (Wildman–Crippen MR) is 136 cm³/mol. The molecule has 0 saturated heterocycles. The number of hydrogen-bond acceptors (Lipinski definition) is 4. The number of aryl methyl sites for hydroxylation is 3. The molecule has 0 fully saturated rings. The van der Waals surface area contributed by atoms with Crippen LogP contribution in [0.3, 0.4) is 0 Å². The first kappa shape index (κ1) is 24.6. The first-order valence-corrected chi connectivity index (χ1v) is 11.2. The Kier molecular flexibility index (Phi) is 8.52. The van der Waals surface area contributed by atoms with Gasteiger partial charge in [-0.1, -0.05) is 30.4 Å². The Bertz CT molecular complexity index is 1120. The summed E-state index contributed by atoms with van der Waals surface area (Å²) in [4.78, 5) is 14.5. The first-order chi connectivity index (χ1) is 16.4. The number of benzene rings is 3. The molecule has 3 rings (SSSR count). The molecular formula is C29H31NO4. The monoisotopic (exact) mass is 457 g/mol. The van der Waals surface area contributed by atoms with Gasteiger partial charge in [-0.25, -0.2) is 0 Å². The molecule has 0 heterocycles. The molecule has 5 heteroatoms. The number of rotatable bonds is 11. The van der Waals surface area contributed by atoms with E-state index in [4.69, 9.17) is 9.47 Å². The van der Waals surface area contributed by atoms with Gasteiger partial charge in [0.15, 0.2) is 0 Å². The molecule has 3 aromatic rings. The summed E-state index contributed by atoms with van der Waals surface area (Å²) in [5.41, 5.74) is 2.94. The molecule has 0 unspecified atom stereocenters. The highest BCUT2D eigenvalue weighted by molar-refractivity contribution is 5.77. The minimum atomic E-state index is 0.0106. The Morgan fingerprint density at radius 3 is 2.15 bits per heavy atom. The zero-order valence-electron chi connectivity index (χ0n) is 19.8.